The minimum absolute atomic E-state index is 0.0113. The Morgan fingerprint density at radius 2 is 1.96 bits per heavy atom. The van der Waals surface area contributed by atoms with E-state index in [4.69, 9.17) is 9.82 Å². The van der Waals surface area contributed by atoms with Gasteiger partial charge in [-0.1, -0.05) is 30.3 Å². The first-order valence-corrected chi connectivity index (χ1v) is 9.83. The number of benzene rings is 1. The van der Waals surface area contributed by atoms with E-state index in [0.717, 1.165) is 31.9 Å². The van der Waals surface area contributed by atoms with E-state index >= 15 is 0 Å². The van der Waals surface area contributed by atoms with Gasteiger partial charge in [-0.25, -0.2) is 9.78 Å². The van der Waals surface area contributed by atoms with E-state index in [1.54, 1.807) is 23.3 Å². The molecule has 2 aromatic heterocycles. The molecule has 0 radical (unpaired) electrons. The number of ketones is 1. The van der Waals surface area contributed by atoms with Gasteiger partial charge in [0.1, 0.15) is 4.83 Å². The number of Topliss-reactive ketones (excluding diaryl/α,β-unsaturated/α-hetero) is 1. The van der Waals surface area contributed by atoms with Gasteiger partial charge in [-0.2, -0.15) is 0 Å². The van der Waals surface area contributed by atoms with Gasteiger partial charge in [-0.3, -0.25) is 4.79 Å². The molecule has 144 valence electrons. The number of hydrogen-bond acceptors (Lipinski definition) is 7. The smallest absolute Gasteiger partial charge is 0.436 e. The lowest BCUT2D eigenvalue weighted by atomic mass is 9.91. The summed E-state index contributed by atoms with van der Waals surface area (Å²) in [6, 6.07) is 9.98. The fraction of sp³-hybridized carbons (Fsp3) is 0.286. The van der Waals surface area contributed by atoms with Crippen molar-refractivity contribution in [1.29, 1.82) is 0 Å². The van der Waals surface area contributed by atoms with Crippen LogP contribution in [0.1, 0.15) is 33.4 Å². The summed E-state index contributed by atoms with van der Waals surface area (Å²) in [4.78, 5) is 35.9. The van der Waals surface area contributed by atoms with Crippen LogP contribution in [0.25, 0.3) is 21.3 Å². The number of methoxy groups -OCH3 is 1. The van der Waals surface area contributed by atoms with Crippen LogP contribution in [-0.4, -0.2) is 35.6 Å². The molecule has 3 aromatic rings. The van der Waals surface area contributed by atoms with Crippen molar-refractivity contribution in [3.63, 3.8) is 0 Å². The zero-order valence-electron chi connectivity index (χ0n) is 15.9. The van der Waals surface area contributed by atoms with Gasteiger partial charge in [-0.15, -0.1) is 16.4 Å². The van der Waals surface area contributed by atoms with Crippen molar-refractivity contribution in [2.75, 3.05) is 13.7 Å². The first-order valence-electron chi connectivity index (χ1n) is 9.01. The Morgan fingerprint density at radius 3 is 2.64 bits per heavy atom. The molecule has 0 bridgehead atoms. The third kappa shape index (κ3) is 3.16. The summed E-state index contributed by atoms with van der Waals surface area (Å²) in [5, 5.41) is 2.64. The van der Waals surface area contributed by atoms with Crippen LogP contribution >= 0.6 is 11.3 Å². The SMILES string of the molecule is COC(=O)ON1CCc2c(sc3nc(C)c(C(C)=O)c(-c4ccccc4)c23)C1. The highest BCUT2D eigenvalue weighted by atomic mass is 32.1. The summed E-state index contributed by atoms with van der Waals surface area (Å²) < 4.78 is 4.59. The molecular weight excluding hydrogens is 376 g/mol. The standard InChI is InChI=1S/C21H20N2O4S/c1-12-17(13(2)24)18(14-7-5-4-6-8-14)19-15-9-10-23(27-21(25)26-3)11-16(15)28-20(19)22-12/h4-8H,9-11H2,1-3H3. The molecule has 0 atom stereocenters. The van der Waals surface area contributed by atoms with Gasteiger partial charge in [-0.05, 0) is 31.4 Å². The predicted molar refractivity (Wildman–Crippen MR) is 107 cm³/mol. The first kappa shape index (κ1) is 18.6. The lowest BCUT2D eigenvalue weighted by molar-refractivity contribution is -0.133. The first-order chi connectivity index (χ1) is 13.5. The third-order valence-electron chi connectivity index (χ3n) is 4.92. The number of ether oxygens (including phenoxy) is 1. The topological polar surface area (TPSA) is 68.7 Å². The highest BCUT2D eigenvalue weighted by molar-refractivity contribution is 7.19. The maximum Gasteiger partial charge on any atom is 0.527 e. The molecule has 0 N–H and O–H groups in total. The highest BCUT2D eigenvalue weighted by Gasteiger charge is 2.28. The Labute approximate surface area is 166 Å². The molecule has 28 heavy (non-hydrogen) atoms. The van der Waals surface area contributed by atoms with Crippen molar-refractivity contribution in [3.8, 4) is 11.1 Å². The van der Waals surface area contributed by atoms with Crippen LogP contribution in [0.2, 0.25) is 0 Å². The van der Waals surface area contributed by atoms with Crippen molar-refractivity contribution in [2.45, 2.75) is 26.8 Å². The van der Waals surface area contributed by atoms with Gasteiger partial charge < -0.3 is 9.57 Å². The monoisotopic (exact) mass is 396 g/mol. The molecular formula is C21H20N2O4S. The van der Waals surface area contributed by atoms with Gasteiger partial charge in [0.25, 0.3) is 0 Å². The highest BCUT2D eigenvalue weighted by Crippen LogP contribution is 2.42. The van der Waals surface area contributed by atoms with E-state index in [2.05, 4.69) is 4.74 Å². The van der Waals surface area contributed by atoms with Gasteiger partial charge in [0.2, 0.25) is 0 Å². The Balaban J connectivity index is 1.91. The van der Waals surface area contributed by atoms with Crippen LogP contribution in [-0.2, 0) is 22.5 Å². The number of carbonyl (C=O) groups excluding carboxylic acids is 2. The summed E-state index contributed by atoms with van der Waals surface area (Å²) in [7, 11) is 1.29. The predicted octanol–water partition coefficient (Wildman–Crippen LogP) is 4.53. The van der Waals surface area contributed by atoms with Gasteiger partial charge >= 0.3 is 6.16 Å². The number of hydrogen-bond donors (Lipinski definition) is 0. The summed E-state index contributed by atoms with van der Waals surface area (Å²) in [5.74, 6) is 0.0113. The zero-order chi connectivity index (χ0) is 19.8. The van der Waals surface area contributed by atoms with Crippen molar-refractivity contribution < 1.29 is 19.2 Å². The number of nitrogens with zero attached hydrogens (tertiary/aromatic N) is 2. The number of rotatable bonds is 3. The van der Waals surface area contributed by atoms with Crippen LogP contribution in [0.15, 0.2) is 30.3 Å². The number of hydroxylamine groups is 2. The van der Waals surface area contributed by atoms with Crippen LogP contribution in [0.5, 0.6) is 0 Å². The molecule has 1 aliphatic heterocycles. The minimum atomic E-state index is -0.720. The summed E-state index contributed by atoms with van der Waals surface area (Å²) in [6.45, 7) is 4.51. The lowest BCUT2D eigenvalue weighted by Crippen LogP contribution is -2.32. The van der Waals surface area contributed by atoms with E-state index < -0.39 is 6.16 Å². The van der Waals surface area contributed by atoms with Crippen LogP contribution in [0.4, 0.5) is 4.79 Å². The Hall–Kier alpha value is -2.77. The minimum Gasteiger partial charge on any atom is -0.436 e. The molecule has 1 aromatic carbocycles. The number of thiophene rings is 1. The average Bonchev–Trinajstić information content (AvgIpc) is 3.04. The van der Waals surface area contributed by atoms with Crippen LogP contribution < -0.4 is 0 Å². The molecule has 0 fully saturated rings. The van der Waals surface area contributed by atoms with Crippen LogP contribution in [0.3, 0.4) is 0 Å². The number of pyridine rings is 1. The summed E-state index contributed by atoms with van der Waals surface area (Å²) in [5.41, 5.74) is 4.55. The maximum atomic E-state index is 12.5. The number of aromatic nitrogens is 1. The Bertz CT molecular complexity index is 1080. The molecule has 7 heteroatoms. The lowest BCUT2D eigenvalue weighted by Gasteiger charge is -2.24. The number of carbonyl (C=O) groups is 2. The summed E-state index contributed by atoms with van der Waals surface area (Å²) in [6.07, 6.45) is -0.0174. The maximum absolute atomic E-state index is 12.5. The average molecular weight is 396 g/mol. The molecule has 4 rings (SSSR count). The van der Waals surface area contributed by atoms with Gasteiger partial charge in [0.05, 0.1) is 19.3 Å². The van der Waals surface area contributed by atoms with Crippen LogP contribution in [0, 0.1) is 6.92 Å². The van der Waals surface area contributed by atoms with Gasteiger partial charge in [0.15, 0.2) is 5.78 Å². The number of aryl methyl sites for hydroxylation is 1. The largest absolute Gasteiger partial charge is 0.527 e. The molecule has 1 aliphatic rings. The molecule has 0 saturated heterocycles. The van der Waals surface area contributed by atoms with E-state index in [9.17, 15) is 9.59 Å². The van der Waals surface area contributed by atoms with Crippen molar-refractivity contribution in [1.82, 2.24) is 10.0 Å². The van der Waals surface area contributed by atoms with E-state index in [1.165, 1.54) is 12.7 Å². The second-order valence-corrected chi connectivity index (χ2v) is 7.80. The fourth-order valence-electron chi connectivity index (χ4n) is 3.76. The quantitative estimate of drug-likeness (QED) is 0.479. The second-order valence-electron chi connectivity index (χ2n) is 6.71. The second kappa shape index (κ2) is 7.33. The van der Waals surface area contributed by atoms with Crippen molar-refractivity contribution in [3.05, 3.63) is 52.0 Å². The van der Waals surface area contributed by atoms with E-state index in [1.807, 2.05) is 37.3 Å². The molecule has 6 nitrogen and oxygen atoms in total. The molecule has 0 unspecified atom stereocenters. The Kier molecular flexibility index (Phi) is 4.87. The Morgan fingerprint density at radius 1 is 1.21 bits per heavy atom. The normalized spacial score (nSPS) is 14.0. The van der Waals surface area contributed by atoms with E-state index in [0.29, 0.717) is 25.1 Å². The van der Waals surface area contributed by atoms with Crippen molar-refractivity contribution in [2.24, 2.45) is 0 Å². The van der Waals surface area contributed by atoms with Gasteiger partial charge in [0, 0.05) is 27.9 Å². The number of fused-ring (bicyclic) bond motifs is 3. The molecule has 0 aliphatic carbocycles. The summed E-state index contributed by atoms with van der Waals surface area (Å²) >= 11 is 1.59. The molecule has 3 heterocycles. The third-order valence-corrected chi connectivity index (χ3v) is 6.03. The van der Waals surface area contributed by atoms with E-state index in [-0.39, 0.29) is 5.78 Å². The molecule has 0 amide bonds. The fourth-order valence-corrected chi connectivity index (χ4v) is 5.04. The molecule has 0 spiro atoms. The zero-order valence-corrected chi connectivity index (χ0v) is 16.8. The molecule has 0 saturated carbocycles. The van der Waals surface area contributed by atoms with Crippen molar-refractivity contribution >= 4 is 33.5 Å².